The highest BCUT2D eigenvalue weighted by Gasteiger charge is 2.33. The molecule has 3 fully saturated rings. The van der Waals surface area contributed by atoms with Gasteiger partial charge in [0, 0.05) is 6.54 Å². The van der Waals surface area contributed by atoms with Crippen molar-refractivity contribution in [3.63, 3.8) is 0 Å². The number of carbonyl (C=O) groups is 1. The molecule has 0 heterocycles. The van der Waals surface area contributed by atoms with E-state index in [1.807, 2.05) is 0 Å². The molecule has 3 N–H and O–H groups in total. The van der Waals surface area contributed by atoms with Gasteiger partial charge in [-0.05, 0) is 38.5 Å². The Bertz CT molecular complexity index is 390. The van der Waals surface area contributed by atoms with E-state index in [0.717, 1.165) is 44.9 Å². The summed E-state index contributed by atoms with van der Waals surface area (Å²) >= 11 is 0. The number of nitrogens with one attached hydrogen (secondary N) is 2. The Labute approximate surface area is 139 Å². The molecule has 3 rings (SSSR count). The number of carbonyl (C=O) groups excluding carboxylic acids is 1. The van der Waals surface area contributed by atoms with Gasteiger partial charge in [0.1, 0.15) is 0 Å². The van der Waals surface area contributed by atoms with Crippen LogP contribution in [0.1, 0.15) is 77.0 Å². The fourth-order valence-corrected chi connectivity index (χ4v) is 4.37. The largest absolute Gasteiger partial charge is 0.388 e. The van der Waals surface area contributed by atoms with Crippen molar-refractivity contribution in [2.75, 3.05) is 6.54 Å². The van der Waals surface area contributed by atoms with Crippen LogP contribution in [-0.2, 0) is 4.74 Å². The minimum atomic E-state index is -0.691. The molecule has 3 saturated carbocycles. The molecule has 0 aromatic carbocycles. The summed E-state index contributed by atoms with van der Waals surface area (Å²) in [5, 5.41) is 16.3. The number of aliphatic hydroxyl groups is 1. The van der Waals surface area contributed by atoms with Gasteiger partial charge in [-0.15, -0.1) is 0 Å². The van der Waals surface area contributed by atoms with Crippen molar-refractivity contribution in [1.29, 1.82) is 0 Å². The SMILES string of the molecule is O=C(NCC1(O)CCCC1)NC1CCCCC1OC1CCCC1. The van der Waals surface area contributed by atoms with E-state index in [1.165, 1.54) is 32.1 Å². The molecule has 5 nitrogen and oxygen atoms in total. The first-order valence-corrected chi connectivity index (χ1v) is 9.57. The zero-order valence-electron chi connectivity index (χ0n) is 14.2. The van der Waals surface area contributed by atoms with Gasteiger partial charge in [0.2, 0.25) is 0 Å². The molecule has 5 heteroatoms. The Balaban J connectivity index is 1.44. The molecule has 0 saturated heterocycles. The van der Waals surface area contributed by atoms with Crippen molar-refractivity contribution in [3.8, 4) is 0 Å². The van der Waals surface area contributed by atoms with Crippen molar-refractivity contribution < 1.29 is 14.6 Å². The minimum Gasteiger partial charge on any atom is -0.388 e. The standard InChI is InChI=1S/C18H32N2O3/c21-17(19-13-18(22)11-5-6-12-18)20-15-9-3-4-10-16(15)23-14-7-1-2-8-14/h14-16,22H,1-13H2,(H2,19,20,21). The van der Waals surface area contributed by atoms with Gasteiger partial charge in [-0.1, -0.05) is 38.5 Å². The first kappa shape index (κ1) is 17.0. The van der Waals surface area contributed by atoms with Gasteiger partial charge in [-0.3, -0.25) is 0 Å². The maximum atomic E-state index is 12.2. The molecule has 23 heavy (non-hydrogen) atoms. The molecule has 0 aliphatic heterocycles. The highest BCUT2D eigenvalue weighted by molar-refractivity contribution is 5.74. The third-order valence-electron chi connectivity index (χ3n) is 5.80. The molecule has 2 atom stereocenters. The highest BCUT2D eigenvalue weighted by Crippen LogP contribution is 2.29. The van der Waals surface area contributed by atoms with Crippen LogP contribution in [-0.4, -0.2) is 41.5 Å². The van der Waals surface area contributed by atoms with Crippen molar-refractivity contribution in [1.82, 2.24) is 10.6 Å². The molecule has 3 aliphatic carbocycles. The predicted octanol–water partition coefficient (Wildman–Crippen LogP) is 2.86. The van der Waals surface area contributed by atoms with Crippen LogP contribution < -0.4 is 10.6 Å². The molecule has 0 aromatic heterocycles. The second-order valence-electron chi connectivity index (χ2n) is 7.73. The van der Waals surface area contributed by atoms with E-state index in [-0.39, 0.29) is 18.2 Å². The Morgan fingerprint density at radius 3 is 2.39 bits per heavy atom. The zero-order chi connectivity index (χ0) is 16.1. The minimum absolute atomic E-state index is 0.113. The fraction of sp³-hybridized carbons (Fsp3) is 0.944. The summed E-state index contributed by atoms with van der Waals surface area (Å²) in [4.78, 5) is 12.2. The second-order valence-corrected chi connectivity index (χ2v) is 7.73. The van der Waals surface area contributed by atoms with E-state index in [2.05, 4.69) is 10.6 Å². The first-order chi connectivity index (χ1) is 11.1. The molecule has 2 unspecified atom stereocenters. The topological polar surface area (TPSA) is 70.6 Å². The van der Waals surface area contributed by atoms with Crippen molar-refractivity contribution in [2.45, 2.75) is 101 Å². The lowest BCUT2D eigenvalue weighted by Crippen LogP contribution is -2.52. The average molecular weight is 324 g/mol. The van der Waals surface area contributed by atoms with E-state index in [1.54, 1.807) is 0 Å². The Hall–Kier alpha value is -0.810. The van der Waals surface area contributed by atoms with Crippen LogP contribution in [0.15, 0.2) is 0 Å². The molecule has 2 amide bonds. The summed E-state index contributed by atoms with van der Waals surface area (Å²) in [6.07, 6.45) is 13.5. The molecule has 0 spiro atoms. The normalized spacial score (nSPS) is 31.2. The summed E-state index contributed by atoms with van der Waals surface area (Å²) in [5.41, 5.74) is -0.691. The third kappa shape index (κ3) is 4.83. The summed E-state index contributed by atoms with van der Waals surface area (Å²) in [6.45, 7) is 0.361. The Morgan fingerprint density at radius 1 is 1.00 bits per heavy atom. The molecule has 0 radical (unpaired) electrons. The van der Waals surface area contributed by atoms with Crippen LogP contribution in [0.25, 0.3) is 0 Å². The first-order valence-electron chi connectivity index (χ1n) is 9.57. The van der Waals surface area contributed by atoms with Crippen molar-refractivity contribution in [3.05, 3.63) is 0 Å². The molecule has 132 valence electrons. The van der Waals surface area contributed by atoms with Crippen LogP contribution in [0.2, 0.25) is 0 Å². The Morgan fingerprint density at radius 2 is 1.65 bits per heavy atom. The van der Waals surface area contributed by atoms with E-state index >= 15 is 0 Å². The van der Waals surface area contributed by atoms with E-state index < -0.39 is 5.60 Å². The van der Waals surface area contributed by atoms with Crippen LogP contribution >= 0.6 is 0 Å². The lowest BCUT2D eigenvalue weighted by atomic mass is 9.92. The highest BCUT2D eigenvalue weighted by atomic mass is 16.5. The monoisotopic (exact) mass is 324 g/mol. The van der Waals surface area contributed by atoms with Gasteiger partial charge in [0.15, 0.2) is 0 Å². The maximum Gasteiger partial charge on any atom is 0.315 e. The lowest BCUT2D eigenvalue weighted by Gasteiger charge is -2.34. The summed E-state index contributed by atoms with van der Waals surface area (Å²) in [5.74, 6) is 0. The lowest BCUT2D eigenvalue weighted by molar-refractivity contribution is -0.0411. The van der Waals surface area contributed by atoms with Gasteiger partial charge < -0.3 is 20.5 Å². The number of hydrogen-bond donors (Lipinski definition) is 3. The number of urea groups is 1. The molecule has 3 aliphatic rings. The van der Waals surface area contributed by atoms with Crippen LogP contribution in [0.3, 0.4) is 0 Å². The number of rotatable bonds is 5. The Kier molecular flexibility index (Phi) is 5.81. The fourth-order valence-electron chi connectivity index (χ4n) is 4.37. The summed E-state index contributed by atoms with van der Waals surface area (Å²) < 4.78 is 6.27. The average Bonchev–Trinajstić information content (AvgIpc) is 3.20. The predicted molar refractivity (Wildman–Crippen MR) is 89.3 cm³/mol. The van der Waals surface area contributed by atoms with Crippen LogP contribution in [0, 0.1) is 0 Å². The van der Waals surface area contributed by atoms with Crippen LogP contribution in [0.4, 0.5) is 4.79 Å². The van der Waals surface area contributed by atoms with Gasteiger partial charge in [-0.2, -0.15) is 0 Å². The van der Waals surface area contributed by atoms with E-state index in [0.29, 0.717) is 12.6 Å². The van der Waals surface area contributed by atoms with Crippen molar-refractivity contribution in [2.24, 2.45) is 0 Å². The summed E-state index contributed by atoms with van der Waals surface area (Å²) in [6, 6.07) is -0.0418. The van der Waals surface area contributed by atoms with E-state index in [4.69, 9.17) is 4.74 Å². The molecular weight excluding hydrogens is 292 g/mol. The van der Waals surface area contributed by atoms with Gasteiger partial charge in [0.25, 0.3) is 0 Å². The molecule has 0 aromatic rings. The van der Waals surface area contributed by atoms with Gasteiger partial charge in [0.05, 0.1) is 23.9 Å². The number of hydrogen-bond acceptors (Lipinski definition) is 3. The molecular formula is C18H32N2O3. The van der Waals surface area contributed by atoms with E-state index in [9.17, 15) is 9.90 Å². The van der Waals surface area contributed by atoms with Crippen molar-refractivity contribution >= 4 is 6.03 Å². The van der Waals surface area contributed by atoms with Gasteiger partial charge >= 0.3 is 6.03 Å². The summed E-state index contributed by atoms with van der Waals surface area (Å²) in [7, 11) is 0. The number of amides is 2. The van der Waals surface area contributed by atoms with Crippen LogP contribution in [0.5, 0.6) is 0 Å². The van der Waals surface area contributed by atoms with Gasteiger partial charge in [-0.25, -0.2) is 4.79 Å². The number of ether oxygens (including phenoxy) is 1. The maximum absolute atomic E-state index is 12.2. The second kappa shape index (κ2) is 7.84. The third-order valence-corrected chi connectivity index (χ3v) is 5.80. The quantitative estimate of drug-likeness (QED) is 0.728. The molecule has 0 bridgehead atoms. The smallest absolute Gasteiger partial charge is 0.315 e. The zero-order valence-corrected chi connectivity index (χ0v) is 14.2.